The molecule has 0 radical (unpaired) electrons. The van der Waals surface area contributed by atoms with E-state index >= 15 is 0 Å². The van der Waals surface area contributed by atoms with Gasteiger partial charge in [-0.25, -0.2) is 0 Å². The van der Waals surface area contributed by atoms with Crippen molar-refractivity contribution in [2.45, 2.75) is 129 Å². The zero-order valence-corrected chi connectivity index (χ0v) is 33.0. The minimum Gasteiger partial charge on any atom is -0.494 e. The van der Waals surface area contributed by atoms with Gasteiger partial charge in [0.25, 0.3) is 0 Å². The van der Waals surface area contributed by atoms with Gasteiger partial charge in [-0.15, -0.1) is 0 Å². The molecular formula is C46H70O7. The second-order valence-corrected chi connectivity index (χ2v) is 14.1. The fraction of sp³-hybridized carbons (Fsp3) is 0.609. The van der Waals surface area contributed by atoms with E-state index in [9.17, 15) is 5.11 Å². The Morgan fingerprint density at radius 3 is 1.45 bits per heavy atom. The monoisotopic (exact) mass is 735 g/mol. The van der Waals surface area contributed by atoms with Gasteiger partial charge in [0.1, 0.15) is 17.6 Å². The van der Waals surface area contributed by atoms with Gasteiger partial charge in [0.05, 0.1) is 59.5 Å². The molecule has 7 heteroatoms. The van der Waals surface area contributed by atoms with E-state index in [1.807, 2.05) is 0 Å². The van der Waals surface area contributed by atoms with Crippen LogP contribution >= 0.6 is 0 Å². The van der Waals surface area contributed by atoms with Crippen LogP contribution in [0.15, 0.2) is 66.7 Å². The first kappa shape index (κ1) is 44.5. The Balaban J connectivity index is 1.53. The normalized spacial score (nSPS) is 11.9. The molecule has 1 atom stereocenters. The SMILES string of the molecule is CCCCCCCCCCOc1ccc(-c2ccc(-c3ccc(OCCCCCCCCCC)cc3)c(COCCOCCOCC(O)CO)c2)cc1. The number of aliphatic hydroxyl groups is 2. The maximum absolute atomic E-state index is 9.38. The lowest BCUT2D eigenvalue weighted by atomic mass is 9.95. The summed E-state index contributed by atoms with van der Waals surface area (Å²) in [6, 6.07) is 23.4. The Labute approximate surface area is 321 Å². The van der Waals surface area contributed by atoms with Gasteiger partial charge in [0, 0.05) is 0 Å². The average molecular weight is 735 g/mol. The Bertz CT molecular complexity index is 1290. The van der Waals surface area contributed by atoms with Crippen LogP contribution in [0.1, 0.15) is 122 Å². The molecular weight excluding hydrogens is 664 g/mol. The van der Waals surface area contributed by atoms with E-state index in [0.29, 0.717) is 33.0 Å². The molecule has 0 amide bonds. The molecule has 0 saturated carbocycles. The summed E-state index contributed by atoms with van der Waals surface area (Å²) in [6.07, 6.45) is 19.8. The Morgan fingerprint density at radius 1 is 0.472 bits per heavy atom. The zero-order valence-electron chi connectivity index (χ0n) is 33.0. The first-order valence-corrected chi connectivity index (χ1v) is 20.8. The number of hydrogen-bond donors (Lipinski definition) is 2. The summed E-state index contributed by atoms with van der Waals surface area (Å²) in [4.78, 5) is 0. The highest BCUT2D eigenvalue weighted by atomic mass is 16.5. The number of hydrogen-bond acceptors (Lipinski definition) is 7. The molecule has 0 saturated heterocycles. The molecule has 0 aliphatic carbocycles. The van der Waals surface area contributed by atoms with Crippen molar-refractivity contribution >= 4 is 0 Å². The van der Waals surface area contributed by atoms with Gasteiger partial charge >= 0.3 is 0 Å². The molecule has 7 nitrogen and oxygen atoms in total. The van der Waals surface area contributed by atoms with Gasteiger partial charge in [-0.1, -0.05) is 140 Å². The predicted octanol–water partition coefficient (Wildman–Crippen LogP) is 11.0. The van der Waals surface area contributed by atoms with Crippen LogP contribution in [0, 0.1) is 0 Å². The van der Waals surface area contributed by atoms with E-state index in [2.05, 4.69) is 80.6 Å². The molecule has 0 aromatic heterocycles. The number of benzene rings is 3. The maximum Gasteiger partial charge on any atom is 0.119 e. The van der Waals surface area contributed by atoms with Gasteiger partial charge in [-0.05, 0) is 71.0 Å². The van der Waals surface area contributed by atoms with E-state index in [1.54, 1.807) is 0 Å². The second-order valence-electron chi connectivity index (χ2n) is 14.1. The Kier molecular flexibility index (Phi) is 24.7. The second kappa shape index (κ2) is 29.4. The topological polar surface area (TPSA) is 86.6 Å². The van der Waals surface area contributed by atoms with Crippen molar-refractivity contribution in [2.75, 3.05) is 52.9 Å². The van der Waals surface area contributed by atoms with E-state index in [0.717, 1.165) is 65.4 Å². The highest BCUT2D eigenvalue weighted by Crippen LogP contribution is 2.32. The van der Waals surface area contributed by atoms with Crippen LogP contribution in [0.5, 0.6) is 11.5 Å². The number of rotatable bonds is 33. The van der Waals surface area contributed by atoms with Gasteiger partial charge in [0.2, 0.25) is 0 Å². The molecule has 0 fully saturated rings. The van der Waals surface area contributed by atoms with Crippen LogP contribution in [0.3, 0.4) is 0 Å². The molecule has 0 aliphatic heterocycles. The summed E-state index contributed by atoms with van der Waals surface area (Å²) in [6.45, 7) is 7.90. The van der Waals surface area contributed by atoms with Crippen LogP contribution in [-0.2, 0) is 20.8 Å². The molecule has 3 aromatic carbocycles. The van der Waals surface area contributed by atoms with Crippen LogP contribution in [0.4, 0.5) is 0 Å². The minimum absolute atomic E-state index is 0.0941. The molecule has 0 aliphatic rings. The predicted molar refractivity (Wildman–Crippen MR) is 218 cm³/mol. The summed E-state index contributed by atoms with van der Waals surface area (Å²) in [5.41, 5.74) is 5.62. The van der Waals surface area contributed by atoms with Crippen LogP contribution in [0.25, 0.3) is 22.3 Å². The molecule has 0 bridgehead atoms. The standard InChI is InChI=1S/C46H70O7/c1-3-5-7-9-11-13-15-17-29-52-44-24-19-39(20-25-44)41-23-28-46(42(35-41)37-50-33-31-49-32-34-51-38-43(48)36-47)40-21-26-45(27-22-40)53-30-18-16-14-12-10-8-6-4-2/h19-28,35,43,47-48H,3-18,29-34,36-38H2,1-2H3. The van der Waals surface area contributed by atoms with Crippen molar-refractivity contribution in [3.05, 3.63) is 72.3 Å². The third-order valence-corrected chi connectivity index (χ3v) is 9.51. The number of aliphatic hydroxyl groups excluding tert-OH is 2. The van der Waals surface area contributed by atoms with E-state index in [1.165, 1.54) is 89.9 Å². The summed E-state index contributed by atoms with van der Waals surface area (Å²) in [5, 5.41) is 18.3. The quantitative estimate of drug-likeness (QED) is 0.0602. The van der Waals surface area contributed by atoms with Crippen molar-refractivity contribution in [2.24, 2.45) is 0 Å². The third kappa shape index (κ3) is 19.8. The molecule has 1 unspecified atom stereocenters. The smallest absolute Gasteiger partial charge is 0.119 e. The van der Waals surface area contributed by atoms with Gasteiger partial charge in [-0.2, -0.15) is 0 Å². The van der Waals surface area contributed by atoms with Gasteiger partial charge in [-0.3, -0.25) is 0 Å². The summed E-state index contributed by atoms with van der Waals surface area (Å²) in [5.74, 6) is 1.82. The number of unbranched alkanes of at least 4 members (excludes halogenated alkanes) is 14. The number of ether oxygens (including phenoxy) is 5. The molecule has 296 valence electrons. The van der Waals surface area contributed by atoms with Crippen LogP contribution in [0.2, 0.25) is 0 Å². The lowest BCUT2D eigenvalue weighted by Crippen LogP contribution is -2.21. The van der Waals surface area contributed by atoms with E-state index in [4.69, 9.17) is 28.8 Å². The summed E-state index contributed by atoms with van der Waals surface area (Å²) < 4.78 is 29.2. The molecule has 0 spiro atoms. The van der Waals surface area contributed by atoms with Gasteiger partial charge < -0.3 is 33.9 Å². The van der Waals surface area contributed by atoms with Crippen molar-refractivity contribution in [1.29, 1.82) is 0 Å². The molecule has 0 heterocycles. The minimum atomic E-state index is -0.859. The summed E-state index contributed by atoms with van der Waals surface area (Å²) >= 11 is 0. The zero-order chi connectivity index (χ0) is 37.6. The lowest BCUT2D eigenvalue weighted by Gasteiger charge is -2.15. The van der Waals surface area contributed by atoms with Crippen LogP contribution in [-0.4, -0.2) is 69.2 Å². The Morgan fingerprint density at radius 2 is 0.925 bits per heavy atom. The summed E-state index contributed by atoms with van der Waals surface area (Å²) in [7, 11) is 0. The highest BCUT2D eigenvalue weighted by molar-refractivity contribution is 5.74. The van der Waals surface area contributed by atoms with Crippen molar-refractivity contribution < 1.29 is 33.9 Å². The van der Waals surface area contributed by atoms with E-state index in [-0.39, 0.29) is 13.2 Å². The Hall–Kier alpha value is -2.94. The molecule has 2 N–H and O–H groups in total. The highest BCUT2D eigenvalue weighted by Gasteiger charge is 2.10. The lowest BCUT2D eigenvalue weighted by molar-refractivity contribution is -0.0239. The fourth-order valence-corrected chi connectivity index (χ4v) is 6.29. The van der Waals surface area contributed by atoms with Crippen molar-refractivity contribution in [1.82, 2.24) is 0 Å². The molecule has 3 rings (SSSR count). The van der Waals surface area contributed by atoms with Crippen molar-refractivity contribution in [3.63, 3.8) is 0 Å². The average Bonchev–Trinajstić information content (AvgIpc) is 3.19. The van der Waals surface area contributed by atoms with E-state index < -0.39 is 6.10 Å². The molecule has 53 heavy (non-hydrogen) atoms. The maximum atomic E-state index is 9.38. The first-order valence-electron chi connectivity index (χ1n) is 20.8. The first-order chi connectivity index (χ1) is 26.1. The largest absolute Gasteiger partial charge is 0.494 e. The van der Waals surface area contributed by atoms with Gasteiger partial charge in [0.15, 0.2) is 0 Å². The fourth-order valence-electron chi connectivity index (χ4n) is 6.29. The third-order valence-electron chi connectivity index (χ3n) is 9.51. The molecule has 3 aromatic rings. The van der Waals surface area contributed by atoms with Crippen LogP contribution < -0.4 is 9.47 Å². The van der Waals surface area contributed by atoms with Crippen molar-refractivity contribution in [3.8, 4) is 33.8 Å².